The van der Waals surface area contributed by atoms with E-state index in [1.54, 1.807) is 13.8 Å². The normalized spacial score (nSPS) is 26.9. The Hall–Kier alpha value is -1.14. The minimum atomic E-state index is -0.744. The van der Waals surface area contributed by atoms with Gasteiger partial charge in [-0.05, 0) is 34.1 Å². The molecule has 1 saturated heterocycles. The maximum atomic E-state index is 11.7. The topological polar surface area (TPSA) is 71.1 Å². The molecule has 6 heteroatoms. The Morgan fingerprint density at radius 2 is 1.90 bits per heavy atom. The molecular weight excluding hydrogens is 264 g/mol. The number of rotatable bonds is 5. The van der Waals surface area contributed by atoms with Gasteiger partial charge >= 0.3 is 11.9 Å². The second kappa shape index (κ2) is 7.04. The molecule has 1 aliphatic rings. The second-order valence-electron chi connectivity index (χ2n) is 5.61. The van der Waals surface area contributed by atoms with Crippen LogP contribution in [0.4, 0.5) is 0 Å². The fourth-order valence-corrected chi connectivity index (χ4v) is 1.46. The largest absolute Gasteiger partial charge is 0.453 e. The molecule has 1 heterocycles. The van der Waals surface area contributed by atoms with Gasteiger partial charge in [-0.1, -0.05) is 6.92 Å². The lowest BCUT2D eigenvalue weighted by Gasteiger charge is -2.32. The van der Waals surface area contributed by atoms with E-state index in [1.807, 2.05) is 20.8 Å². The summed E-state index contributed by atoms with van der Waals surface area (Å²) in [5.41, 5.74) is -0.603. The average Bonchev–Trinajstić information content (AvgIpc) is 2.40. The monoisotopic (exact) mass is 288 g/mol. The van der Waals surface area contributed by atoms with Gasteiger partial charge in [0.05, 0.1) is 17.6 Å². The van der Waals surface area contributed by atoms with E-state index in [0.29, 0.717) is 6.42 Å². The number of hydrogen-bond acceptors (Lipinski definition) is 6. The molecule has 1 rings (SSSR count). The zero-order valence-electron chi connectivity index (χ0n) is 12.8. The van der Waals surface area contributed by atoms with E-state index < -0.39 is 30.3 Å². The molecule has 0 radical (unpaired) electrons. The molecule has 3 unspecified atom stereocenters. The standard InChI is InChI=1S/C14H24O6/c1-6-14(4,5)13(16)18-7-11(15)20-12-8-17-9(2)10(3)19-12/h9-10,12H,6-8H2,1-5H3. The maximum absolute atomic E-state index is 11.7. The van der Waals surface area contributed by atoms with Crippen LogP contribution >= 0.6 is 0 Å². The molecule has 0 saturated carbocycles. The van der Waals surface area contributed by atoms with Crippen LogP contribution in [0, 0.1) is 5.41 Å². The van der Waals surface area contributed by atoms with Crippen molar-refractivity contribution in [2.45, 2.75) is 59.5 Å². The fourth-order valence-electron chi connectivity index (χ4n) is 1.46. The van der Waals surface area contributed by atoms with E-state index in [2.05, 4.69) is 0 Å². The minimum Gasteiger partial charge on any atom is -0.453 e. The van der Waals surface area contributed by atoms with Crippen LogP contribution < -0.4 is 0 Å². The van der Waals surface area contributed by atoms with Crippen LogP contribution in [-0.2, 0) is 28.5 Å². The summed E-state index contributed by atoms with van der Waals surface area (Å²) in [5, 5.41) is 0. The Bertz CT molecular complexity index is 352. The van der Waals surface area contributed by atoms with Gasteiger partial charge in [0.15, 0.2) is 6.61 Å². The van der Waals surface area contributed by atoms with Gasteiger partial charge in [-0.25, -0.2) is 4.79 Å². The first kappa shape index (κ1) is 16.9. The van der Waals surface area contributed by atoms with Crippen LogP contribution in [-0.4, -0.2) is 43.7 Å². The third-order valence-electron chi connectivity index (χ3n) is 3.54. The molecule has 0 N–H and O–H groups in total. The van der Waals surface area contributed by atoms with Gasteiger partial charge in [-0.3, -0.25) is 4.79 Å². The van der Waals surface area contributed by atoms with Crippen molar-refractivity contribution in [3.63, 3.8) is 0 Å². The predicted molar refractivity (Wildman–Crippen MR) is 70.9 cm³/mol. The van der Waals surface area contributed by atoms with Crippen LogP contribution in [0.2, 0.25) is 0 Å². The number of carbonyl (C=O) groups is 2. The zero-order chi connectivity index (χ0) is 15.3. The van der Waals surface area contributed by atoms with Crippen molar-refractivity contribution in [1.29, 1.82) is 0 Å². The van der Waals surface area contributed by atoms with Crippen molar-refractivity contribution >= 4 is 11.9 Å². The molecule has 0 aliphatic carbocycles. The average molecular weight is 288 g/mol. The molecule has 1 aliphatic heterocycles. The molecular formula is C14H24O6. The molecule has 0 aromatic carbocycles. The van der Waals surface area contributed by atoms with Crippen LogP contribution in [0.3, 0.4) is 0 Å². The van der Waals surface area contributed by atoms with Gasteiger partial charge in [0.25, 0.3) is 0 Å². The molecule has 0 spiro atoms. The SMILES string of the molecule is CCC(C)(C)C(=O)OCC(=O)OC1COC(C)C(C)O1. The summed E-state index contributed by atoms with van der Waals surface area (Å²) in [4.78, 5) is 23.3. The summed E-state index contributed by atoms with van der Waals surface area (Å²) in [6.45, 7) is 8.92. The number of hydrogen-bond donors (Lipinski definition) is 0. The highest BCUT2D eigenvalue weighted by molar-refractivity contribution is 5.79. The molecule has 1 fully saturated rings. The van der Waals surface area contributed by atoms with E-state index in [0.717, 1.165) is 0 Å². The minimum absolute atomic E-state index is 0.0341. The molecule has 20 heavy (non-hydrogen) atoms. The van der Waals surface area contributed by atoms with Crippen molar-refractivity contribution in [3.05, 3.63) is 0 Å². The first-order chi connectivity index (χ1) is 9.26. The van der Waals surface area contributed by atoms with Gasteiger partial charge in [0.1, 0.15) is 6.61 Å². The predicted octanol–water partition coefficient (Wildman–Crippen LogP) is 1.66. The molecule has 116 valence electrons. The first-order valence-electron chi connectivity index (χ1n) is 6.90. The summed E-state index contributed by atoms with van der Waals surface area (Å²) in [6.07, 6.45) is -0.293. The van der Waals surface area contributed by atoms with E-state index >= 15 is 0 Å². The van der Waals surface area contributed by atoms with Gasteiger partial charge in [-0.2, -0.15) is 0 Å². The maximum Gasteiger partial charge on any atom is 0.346 e. The first-order valence-corrected chi connectivity index (χ1v) is 6.90. The van der Waals surface area contributed by atoms with E-state index in [9.17, 15) is 9.59 Å². The lowest BCUT2D eigenvalue weighted by Crippen LogP contribution is -2.43. The van der Waals surface area contributed by atoms with Crippen molar-refractivity contribution in [1.82, 2.24) is 0 Å². The van der Waals surface area contributed by atoms with Gasteiger partial charge in [0.2, 0.25) is 6.29 Å². The third kappa shape index (κ3) is 4.76. The lowest BCUT2D eigenvalue weighted by atomic mass is 9.91. The Balaban J connectivity index is 2.32. The summed E-state index contributed by atoms with van der Waals surface area (Å²) in [5.74, 6) is -1.06. The van der Waals surface area contributed by atoms with Crippen LogP contribution in [0.15, 0.2) is 0 Å². The van der Waals surface area contributed by atoms with Crippen molar-refractivity contribution in [3.8, 4) is 0 Å². The Kier molecular flexibility index (Phi) is 5.95. The van der Waals surface area contributed by atoms with Gasteiger partial charge < -0.3 is 18.9 Å². The smallest absolute Gasteiger partial charge is 0.346 e. The van der Waals surface area contributed by atoms with Crippen LogP contribution in [0.5, 0.6) is 0 Å². The molecule has 0 bridgehead atoms. The number of esters is 2. The molecule has 0 aromatic heterocycles. The zero-order valence-corrected chi connectivity index (χ0v) is 12.8. The second-order valence-corrected chi connectivity index (χ2v) is 5.61. The number of ether oxygens (including phenoxy) is 4. The highest BCUT2D eigenvalue weighted by Crippen LogP contribution is 2.21. The van der Waals surface area contributed by atoms with Crippen molar-refractivity contribution in [2.24, 2.45) is 5.41 Å². The van der Waals surface area contributed by atoms with Gasteiger partial charge in [0, 0.05) is 0 Å². The summed E-state index contributed by atoms with van der Waals surface area (Å²) < 4.78 is 20.8. The van der Waals surface area contributed by atoms with Crippen molar-refractivity contribution < 1.29 is 28.5 Å². The number of carbonyl (C=O) groups excluding carboxylic acids is 2. The van der Waals surface area contributed by atoms with E-state index in [4.69, 9.17) is 18.9 Å². The fraction of sp³-hybridized carbons (Fsp3) is 0.857. The highest BCUT2D eigenvalue weighted by Gasteiger charge is 2.30. The van der Waals surface area contributed by atoms with E-state index in [-0.39, 0.29) is 18.8 Å². The van der Waals surface area contributed by atoms with E-state index in [1.165, 1.54) is 0 Å². The van der Waals surface area contributed by atoms with Crippen LogP contribution in [0.25, 0.3) is 0 Å². The Morgan fingerprint density at radius 1 is 1.25 bits per heavy atom. The molecule has 0 aromatic rings. The lowest BCUT2D eigenvalue weighted by molar-refractivity contribution is -0.254. The Labute approximate surface area is 119 Å². The summed E-state index contributed by atoms with van der Waals surface area (Å²) in [7, 11) is 0. The molecule has 6 nitrogen and oxygen atoms in total. The highest BCUT2D eigenvalue weighted by atomic mass is 16.7. The summed E-state index contributed by atoms with van der Waals surface area (Å²) in [6, 6.07) is 0. The van der Waals surface area contributed by atoms with Crippen LogP contribution in [0.1, 0.15) is 41.0 Å². The molecule has 3 atom stereocenters. The Morgan fingerprint density at radius 3 is 2.45 bits per heavy atom. The van der Waals surface area contributed by atoms with Gasteiger partial charge in [-0.15, -0.1) is 0 Å². The molecule has 0 amide bonds. The summed E-state index contributed by atoms with van der Waals surface area (Å²) >= 11 is 0. The quantitative estimate of drug-likeness (QED) is 0.716. The third-order valence-corrected chi connectivity index (χ3v) is 3.54. The van der Waals surface area contributed by atoms with Crippen molar-refractivity contribution in [2.75, 3.05) is 13.2 Å².